The molecule has 0 spiro atoms. The summed E-state index contributed by atoms with van der Waals surface area (Å²) in [4.78, 5) is 15.6. The van der Waals surface area contributed by atoms with Crippen LogP contribution in [0.1, 0.15) is 0 Å². The van der Waals surface area contributed by atoms with Gasteiger partial charge in [0.2, 0.25) is 6.41 Å². The summed E-state index contributed by atoms with van der Waals surface area (Å²) in [5, 5.41) is 5.45. The molecular formula is C19H13N3O. The number of carbonyl (C=O) groups is 1. The molecule has 0 unspecified atom stereocenters. The second-order valence-corrected chi connectivity index (χ2v) is 5.22. The van der Waals surface area contributed by atoms with E-state index in [1.807, 2.05) is 60.7 Å². The second-order valence-electron chi connectivity index (χ2n) is 5.22. The zero-order valence-electron chi connectivity index (χ0n) is 12.3. The van der Waals surface area contributed by atoms with Crippen molar-refractivity contribution >= 4 is 17.3 Å². The van der Waals surface area contributed by atoms with Gasteiger partial charge in [-0.1, -0.05) is 48.5 Å². The molecule has 0 atom stereocenters. The largest absolute Gasteiger partial charge is 0.276 e. The number of fused-ring (bicyclic) bond motifs is 1. The zero-order chi connectivity index (χ0) is 15.6. The first kappa shape index (κ1) is 13.4. The molecule has 0 aliphatic carbocycles. The fourth-order valence-corrected chi connectivity index (χ4v) is 2.78. The predicted molar refractivity (Wildman–Crippen MR) is 90.5 cm³/mol. The Labute approximate surface area is 133 Å². The number of hydrogen-bond acceptors (Lipinski definition) is 3. The number of rotatable bonds is 3. The minimum absolute atomic E-state index is 0.708. The van der Waals surface area contributed by atoms with Crippen molar-refractivity contribution < 1.29 is 4.79 Å². The molecule has 2 heterocycles. The summed E-state index contributed by atoms with van der Waals surface area (Å²) in [5.41, 5.74) is 4.62. The van der Waals surface area contributed by atoms with Crippen LogP contribution < -0.4 is 0 Å². The second kappa shape index (κ2) is 5.50. The van der Waals surface area contributed by atoms with E-state index in [1.165, 1.54) is 4.68 Å². The first-order valence-electron chi connectivity index (χ1n) is 7.31. The van der Waals surface area contributed by atoms with Crippen molar-refractivity contribution in [1.82, 2.24) is 14.8 Å². The number of pyridine rings is 1. The SMILES string of the molecule is O=Cn1cc(-c2ccnc3ccccc23)c(-c2ccccc2)n1. The third-order valence-corrected chi connectivity index (χ3v) is 3.83. The molecule has 4 nitrogen and oxygen atoms in total. The molecule has 0 bridgehead atoms. The van der Waals surface area contributed by atoms with Crippen LogP contribution in [0.4, 0.5) is 0 Å². The molecule has 0 N–H and O–H groups in total. The molecule has 23 heavy (non-hydrogen) atoms. The van der Waals surface area contributed by atoms with E-state index in [0.717, 1.165) is 33.3 Å². The molecule has 4 aromatic rings. The maximum absolute atomic E-state index is 11.2. The number of aromatic nitrogens is 3. The van der Waals surface area contributed by atoms with Crippen LogP contribution in [0.3, 0.4) is 0 Å². The standard InChI is InChI=1S/C19H13N3O/c23-13-22-12-17(19(21-22)14-6-2-1-3-7-14)15-10-11-20-18-9-5-4-8-16(15)18/h1-13H. The van der Waals surface area contributed by atoms with Gasteiger partial charge in [0.25, 0.3) is 0 Å². The molecule has 110 valence electrons. The van der Waals surface area contributed by atoms with Gasteiger partial charge in [0.1, 0.15) is 5.69 Å². The summed E-state index contributed by atoms with van der Waals surface area (Å²) in [6.07, 6.45) is 4.25. The Kier molecular flexibility index (Phi) is 3.20. The molecule has 4 heteroatoms. The summed E-state index contributed by atoms with van der Waals surface area (Å²) >= 11 is 0. The van der Waals surface area contributed by atoms with Gasteiger partial charge in [-0.15, -0.1) is 0 Å². The van der Waals surface area contributed by atoms with Gasteiger partial charge in [0, 0.05) is 28.9 Å². The third-order valence-electron chi connectivity index (χ3n) is 3.83. The maximum Gasteiger partial charge on any atom is 0.234 e. The molecule has 0 aliphatic heterocycles. The van der Waals surface area contributed by atoms with Crippen molar-refractivity contribution in [3.63, 3.8) is 0 Å². The van der Waals surface area contributed by atoms with E-state index in [4.69, 9.17) is 0 Å². The van der Waals surface area contributed by atoms with Crippen molar-refractivity contribution in [1.29, 1.82) is 0 Å². The molecule has 0 amide bonds. The summed E-state index contributed by atoms with van der Waals surface area (Å²) < 4.78 is 1.31. The van der Waals surface area contributed by atoms with E-state index in [9.17, 15) is 4.79 Å². The van der Waals surface area contributed by atoms with E-state index in [-0.39, 0.29) is 0 Å². The van der Waals surface area contributed by atoms with Crippen molar-refractivity contribution in [2.24, 2.45) is 0 Å². The van der Waals surface area contributed by atoms with Gasteiger partial charge in [-0.25, -0.2) is 4.68 Å². The number of nitrogens with zero attached hydrogens (tertiary/aromatic N) is 3. The van der Waals surface area contributed by atoms with E-state index in [2.05, 4.69) is 10.1 Å². The molecule has 2 aromatic heterocycles. The third kappa shape index (κ3) is 2.30. The highest BCUT2D eigenvalue weighted by Crippen LogP contribution is 2.34. The predicted octanol–water partition coefficient (Wildman–Crippen LogP) is 3.80. The molecule has 0 saturated carbocycles. The highest BCUT2D eigenvalue weighted by Gasteiger charge is 2.15. The lowest BCUT2D eigenvalue weighted by atomic mass is 9.99. The van der Waals surface area contributed by atoms with Crippen LogP contribution in [0, 0.1) is 0 Å². The van der Waals surface area contributed by atoms with E-state index in [1.54, 1.807) is 12.4 Å². The van der Waals surface area contributed by atoms with E-state index in [0.29, 0.717) is 6.41 Å². The summed E-state index contributed by atoms with van der Waals surface area (Å²) in [7, 11) is 0. The van der Waals surface area contributed by atoms with Crippen molar-refractivity contribution in [3.05, 3.63) is 73.1 Å². The summed E-state index contributed by atoms with van der Waals surface area (Å²) in [6.45, 7) is 0. The summed E-state index contributed by atoms with van der Waals surface area (Å²) in [5.74, 6) is 0. The average Bonchev–Trinajstić information content (AvgIpc) is 3.06. The highest BCUT2D eigenvalue weighted by atomic mass is 16.1. The molecule has 0 radical (unpaired) electrons. The Bertz CT molecular complexity index is 985. The van der Waals surface area contributed by atoms with Gasteiger partial charge in [0.05, 0.1) is 5.52 Å². The van der Waals surface area contributed by atoms with Gasteiger partial charge in [0.15, 0.2) is 0 Å². The van der Waals surface area contributed by atoms with Crippen LogP contribution in [-0.4, -0.2) is 21.2 Å². The van der Waals surface area contributed by atoms with E-state index >= 15 is 0 Å². The molecule has 4 rings (SSSR count). The van der Waals surface area contributed by atoms with Gasteiger partial charge >= 0.3 is 0 Å². The van der Waals surface area contributed by atoms with E-state index < -0.39 is 0 Å². The lowest BCUT2D eigenvalue weighted by molar-refractivity contribution is 0.541. The maximum atomic E-state index is 11.2. The quantitative estimate of drug-likeness (QED) is 0.541. The highest BCUT2D eigenvalue weighted by molar-refractivity contribution is 5.98. The Hall–Kier alpha value is -3.27. The van der Waals surface area contributed by atoms with Gasteiger partial charge in [-0.3, -0.25) is 9.78 Å². The van der Waals surface area contributed by atoms with Crippen LogP contribution in [-0.2, 0) is 4.79 Å². The smallest absolute Gasteiger partial charge is 0.234 e. The van der Waals surface area contributed by atoms with Crippen LogP contribution in [0.5, 0.6) is 0 Å². The topological polar surface area (TPSA) is 47.8 Å². The molecule has 0 fully saturated rings. The van der Waals surface area contributed by atoms with Crippen LogP contribution >= 0.6 is 0 Å². The first-order valence-corrected chi connectivity index (χ1v) is 7.31. The van der Waals surface area contributed by atoms with Gasteiger partial charge in [-0.05, 0) is 17.7 Å². The first-order chi connectivity index (χ1) is 11.4. The normalized spacial score (nSPS) is 10.8. The Morgan fingerprint density at radius 2 is 1.65 bits per heavy atom. The minimum atomic E-state index is 0.708. The van der Waals surface area contributed by atoms with Gasteiger partial charge in [-0.2, -0.15) is 5.10 Å². The van der Waals surface area contributed by atoms with Gasteiger partial charge < -0.3 is 0 Å². The Balaban J connectivity index is 2.01. The minimum Gasteiger partial charge on any atom is -0.276 e. The number of benzene rings is 2. The molecule has 2 aromatic carbocycles. The molecule has 0 saturated heterocycles. The fraction of sp³-hybridized carbons (Fsp3) is 0. The summed E-state index contributed by atoms with van der Waals surface area (Å²) in [6, 6.07) is 19.8. The number of para-hydroxylation sites is 1. The molecule has 0 aliphatic rings. The Morgan fingerprint density at radius 3 is 2.48 bits per heavy atom. The van der Waals surface area contributed by atoms with Crippen molar-refractivity contribution in [2.45, 2.75) is 0 Å². The fourth-order valence-electron chi connectivity index (χ4n) is 2.78. The van der Waals surface area contributed by atoms with Crippen molar-refractivity contribution in [3.8, 4) is 22.4 Å². The number of carbonyl (C=O) groups excluding carboxylic acids is 1. The lowest BCUT2D eigenvalue weighted by Gasteiger charge is -2.06. The van der Waals surface area contributed by atoms with Crippen molar-refractivity contribution in [2.75, 3.05) is 0 Å². The molecular weight excluding hydrogens is 286 g/mol. The Morgan fingerprint density at radius 1 is 0.870 bits per heavy atom. The van der Waals surface area contributed by atoms with Crippen LogP contribution in [0.25, 0.3) is 33.3 Å². The lowest BCUT2D eigenvalue weighted by Crippen LogP contribution is -1.94. The zero-order valence-corrected chi connectivity index (χ0v) is 12.3. The monoisotopic (exact) mass is 299 g/mol. The van der Waals surface area contributed by atoms with Crippen LogP contribution in [0.2, 0.25) is 0 Å². The van der Waals surface area contributed by atoms with Crippen LogP contribution in [0.15, 0.2) is 73.1 Å². The number of hydrogen-bond donors (Lipinski definition) is 0. The average molecular weight is 299 g/mol.